The SMILES string of the molecule is CCN(CC(=O)NCc1ccccc1)Cc1ccccc1. The van der Waals surface area contributed by atoms with Gasteiger partial charge in [-0.1, -0.05) is 67.6 Å². The first-order valence-electron chi connectivity index (χ1n) is 7.35. The number of carbonyl (C=O) groups is 1. The number of hydrogen-bond donors (Lipinski definition) is 1. The Morgan fingerprint density at radius 2 is 1.52 bits per heavy atom. The Kier molecular flexibility index (Phi) is 5.98. The van der Waals surface area contributed by atoms with Crippen molar-refractivity contribution >= 4 is 5.91 Å². The number of amides is 1. The smallest absolute Gasteiger partial charge is 0.234 e. The maximum Gasteiger partial charge on any atom is 0.234 e. The van der Waals surface area contributed by atoms with Gasteiger partial charge in [-0.3, -0.25) is 9.69 Å². The van der Waals surface area contributed by atoms with Crippen LogP contribution >= 0.6 is 0 Å². The molecule has 1 N–H and O–H groups in total. The van der Waals surface area contributed by atoms with Crippen LogP contribution in [0.25, 0.3) is 0 Å². The summed E-state index contributed by atoms with van der Waals surface area (Å²) >= 11 is 0. The van der Waals surface area contributed by atoms with E-state index in [1.807, 2.05) is 48.5 Å². The molecule has 0 bridgehead atoms. The Hall–Kier alpha value is -2.13. The van der Waals surface area contributed by atoms with Gasteiger partial charge in [0.2, 0.25) is 5.91 Å². The molecule has 3 heteroatoms. The molecule has 0 aliphatic rings. The Morgan fingerprint density at radius 3 is 2.10 bits per heavy atom. The minimum absolute atomic E-state index is 0.0663. The fraction of sp³-hybridized carbons (Fsp3) is 0.278. The summed E-state index contributed by atoms with van der Waals surface area (Å²) in [5.41, 5.74) is 2.35. The van der Waals surface area contributed by atoms with Gasteiger partial charge in [-0.15, -0.1) is 0 Å². The second kappa shape index (κ2) is 8.22. The highest BCUT2D eigenvalue weighted by Gasteiger charge is 2.09. The van der Waals surface area contributed by atoms with Crippen molar-refractivity contribution in [1.29, 1.82) is 0 Å². The number of hydrogen-bond acceptors (Lipinski definition) is 2. The average Bonchev–Trinajstić information content (AvgIpc) is 2.54. The van der Waals surface area contributed by atoms with Crippen LogP contribution in [-0.2, 0) is 17.9 Å². The van der Waals surface area contributed by atoms with Crippen molar-refractivity contribution in [3.8, 4) is 0 Å². The molecule has 0 aliphatic heterocycles. The number of rotatable bonds is 7. The predicted molar refractivity (Wildman–Crippen MR) is 85.7 cm³/mol. The summed E-state index contributed by atoms with van der Waals surface area (Å²) in [6.07, 6.45) is 0. The summed E-state index contributed by atoms with van der Waals surface area (Å²) < 4.78 is 0. The summed E-state index contributed by atoms with van der Waals surface area (Å²) in [5.74, 6) is 0.0663. The highest BCUT2D eigenvalue weighted by atomic mass is 16.2. The van der Waals surface area contributed by atoms with Crippen molar-refractivity contribution < 1.29 is 4.79 Å². The summed E-state index contributed by atoms with van der Waals surface area (Å²) in [7, 11) is 0. The molecule has 0 radical (unpaired) electrons. The lowest BCUT2D eigenvalue weighted by atomic mass is 10.2. The largest absolute Gasteiger partial charge is 0.351 e. The van der Waals surface area contributed by atoms with Gasteiger partial charge in [-0.25, -0.2) is 0 Å². The molecule has 0 spiro atoms. The molecular weight excluding hydrogens is 260 g/mol. The van der Waals surface area contributed by atoms with Crippen LogP contribution < -0.4 is 5.32 Å². The topological polar surface area (TPSA) is 32.3 Å². The van der Waals surface area contributed by atoms with Crippen molar-refractivity contribution in [1.82, 2.24) is 10.2 Å². The quantitative estimate of drug-likeness (QED) is 0.847. The van der Waals surface area contributed by atoms with E-state index in [0.717, 1.165) is 18.7 Å². The van der Waals surface area contributed by atoms with Crippen molar-refractivity contribution in [3.05, 3.63) is 71.8 Å². The number of nitrogens with zero attached hydrogens (tertiary/aromatic N) is 1. The van der Waals surface area contributed by atoms with E-state index in [1.54, 1.807) is 0 Å². The lowest BCUT2D eigenvalue weighted by Gasteiger charge is -2.20. The minimum atomic E-state index is 0.0663. The molecule has 2 aromatic rings. The van der Waals surface area contributed by atoms with E-state index in [4.69, 9.17) is 0 Å². The lowest BCUT2D eigenvalue weighted by molar-refractivity contribution is -0.122. The molecule has 2 rings (SSSR count). The van der Waals surface area contributed by atoms with E-state index in [1.165, 1.54) is 5.56 Å². The molecular formula is C18H22N2O. The number of carbonyl (C=O) groups excluding carboxylic acids is 1. The van der Waals surface area contributed by atoms with Gasteiger partial charge >= 0.3 is 0 Å². The molecule has 0 atom stereocenters. The monoisotopic (exact) mass is 282 g/mol. The van der Waals surface area contributed by atoms with E-state index in [2.05, 4.69) is 29.3 Å². The van der Waals surface area contributed by atoms with Crippen LogP contribution in [0.3, 0.4) is 0 Å². The van der Waals surface area contributed by atoms with Crippen molar-refractivity contribution in [2.75, 3.05) is 13.1 Å². The Balaban J connectivity index is 1.80. The second-order valence-corrected chi connectivity index (χ2v) is 5.05. The van der Waals surface area contributed by atoms with Crippen molar-refractivity contribution in [3.63, 3.8) is 0 Å². The zero-order chi connectivity index (χ0) is 14.9. The standard InChI is InChI=1S/C18H22N2O/c1-2-20(14-17-11-7-4-8-12-17)15-18(21)19-13-16-9-5-3-6-10-16/h3-12H,2,13-15H2,1H3,(H,19,21). The summed E-state index contributed by atoms with van der Waals surface area (Å²) in [6, 6.07) is 20.2. The van der Waals surface area contributed by atoms with Crippen LogP contribution in [0.1, 0.15) is 18.1 Å². The zero-order valence-electron chi connectivity index (χ0n) is 12.5. The molecule has 0 aliphatic carbocycles. The molecule has 0 aromatic heterocycles. The number of likely N-dealkylation sites (N-methyl/N-ethyl adjacent to an activating group) is 1. The predicted octanol–water partition coefficient (Wildman–Crippen LogP) is 2.82. The van der Waals surface area contributed by atoms with Gasteiger partial charge in [0, 0.05) is 13.1 Å². The van der Waals surface area contributed by atoms with E-state index >= 15 is 0 Å². The molecule has 3 nitrogen and oxygen atoms in total. The minimum Gasteiger partial charge on any atom is -0.351 e. The van der Waals surface area contributed by atoms with Crippen LogP contribution in [0.5, 0.6) is 0 Å². The van der Waals surface area contributed by atoms with Crippen LogP contribution in [-0.4, -0.2) is 23.9 Å². The highest BCUT2D eigenvalue weighted by Crippen LogP contribution is 2.04. The first-order chi connectivity index (χ1) is 10.3. The van der Waals surface area contributed by atoms with Crippen LogP contribution in [0.15, 0.2) is 60.7 Å². The van der Waals surface area contributed by atoms with Crippen molar-refractivity contribution in [2.45, 2.75) is 20.0 Å². The summed E-state index contributed by atoms with van der Waals surface area (Å²) in [5, 5.41) is 2.97. The molecule has 1 amide bonds. The number of benzene rings is 2. The van der Waals surface area contributed by atoms with E-state index < -0.39 is 0 Å². The molecule has 0 fully saturated rings. The lowest BCUT2D eigenvalue weighted by Crippen LogP contribution is -2.36. The molecule has 0 saturated heterocycles. The maximum absolute atomic E-state index is 12.0. The fourth-order valence-corrected chi connectivity index (χ4v) is 2.18. The third-order valence-electron chi connectivity index (χ3n) is 3.40. The first kappa shape index (κ1) is 15.3. The number of nitrogens with one attached hydrogen (secondary N) is 1. The van der Waals surface area contributed by atoms with Gasteiger partial charge in [0.1, 0.15) is 0 Å². The van der Waals surface area contributed by atoms with Gasteiger partial charge in [-0.2, -0.15) is 0 Å². The zero-order valence-corrected chi connectivity index (χ0v) is 12.5. The van der Waals surface area contributed by atoms with Gasteiger partial charge in [0.25, 0.3) is 0 Å². The summed E-state index contributed by atoms with van der Waals surface area (Å²) in [4.78, 5) is 14.2. The Morgan fingerprint density at radius 1 is 0.952 bits per heavy atom. The van der Waals surface area contributed by atoms with Gasteiger partial charge < -0.3 is 5.32 Å². The van der Waals surface area contributed by atoms with Crippen LogP contribution in [0.4, 0.5) is 0 Å². The highest BCUT2D eigenvalue weighted by molar-refractivity contribution is 5.78. The third kappa shape index (κ3) is 5.40. The molecule has 110 valence electrons. The first-order valence-corrected chi connectivity index (χ1v) is 7.35. The van der Waals surface area contributed by atoms with Gasteiger partial charge in [-0.05, 0) is 17.7 Å². The Labute approximate surface area is 126 Å². The van der Waals surface area contributed by atoms with Crippen LogP contribution in [0, 0.1) is 0 Å². The van der Waals surface area contributed by atoms with Crippen LogP contribution in [0.2, 0.25) is 0 Å². The molecule has 0 unspecified atom stereocenters. The Bertz CT molecular complexity index is 540. The second-order valence-electron chi connectivity index (χ2n) is 5.05. The normalized spacial score (nSPS) is 10.6. The van der Waals surface area contributed by atoms with E-state index in [-0.39, 0.29) is 5.91 Å². The van der Waals surface area contributed by atoms with Gasteiger partial charge in [0.15, 0.2) is 0 Å². The molecule has 0 heterocycles. The molecule has 2 aromatic carbocycles. The van der Waals surface area contributed by atoms with E-state index in [9.17, 15) is 4.79 Å². The average molecular weight is 282 g/mol. The van der Waals surface area contributed by atoms with Crippen molar-refractivity contribution in [2.24, 2.45) is 0 Å². The molecule has 21 heavy (non-hydrogen) atoms. The molecule has 0 saturated carbocycles. The fourth-order valence-electron chi connectivity index (χ4n) is 2.18. The maximum atomic E-state index is 12.0. The van der Waals surface area contributed by atoms with Gasteiger partial charge in [0.05, 0.1) is 6.54 Å². The summed E-state index contributed by atoms with van der Waals surface area (Å²) in [6.45, 7) is 4.75. The van der Waals surface area contributed by atoms with E-state index in [0.29, 0.717) is 13.1 Å². The third-order valence-corrected chi connectivity index (χ3v) is 3.40.